The molecular formula is C21H12Cl6O2. The predicted molar refractivity (Wildman–Crippen MR) is 119 cm³/mol. The molecule has 1 saturated heterocycles. The third kappa shape index (κ3) is 3.25. The number of allylic oxidation sites excluding steroid dienone is 2. The van der Waals surface area contributed by atoms with Crippen LogP contribution in [-0.4, -0.2) is 11.4 Å². The van der Waals surface area contributed by atoms with E-state index in [4.69, 9.17) is 74.3 Å². The van der Waals surface area contributed by atoms with E-state index in [0.717, 1.165) is 16.7 Å². The van der Waals surface area contributed by atoms with E-state index in [2.05, 4.69) is 0 Å². The van der Waals surface area contributed by atoms with Gasteiger partial charge in [-0.05, 0) is 30.2 Å². The van der Waals surface area contributed by atoms with Crippen molar-refractivity contribution in [1.29, 1.82) is 0 Å². The van der Waals surface area contributed by atoms with E-state index in [-0.39, 0.29) is 20.1 Å². The Bertz CT molecular complexity index is 1060. The number of carbonyl (C=O) groups excluding carboxylic acids is 1. The molecular weight excluding hydrogens is 497 g/mol. The summed E-state index contributed by atoms with van der Waals surface area (Å²) in [5, 5.41) is 0.452. The van der Waals surface area contributed by atoms with Crippen molar-refractivity contribution in [1.82, 2.24) is 0 Å². The number of aryl methyl sites for hydroxylation is 1. The zero-order chi connectivity index (χ0) is 21.1. The molecule has 2 nitrogen and oxygen atoms in total. The molecule has 1 aliphatic carbocycles. The molecule has 2 unspecified atom stereocenters. The van der Waals surface area contributed by atoms with Gasteiger partial charge in [0.2, 0.25) is 5.78 Å². The summed E-state index contributed by atoms with van der Waals surface area (Å²) in [6, 6.07) is 13.1. The van der Waals surface area contributed by atoms with Gasteiger partial charge in [0.05, 0.1) is 32.1 Å². The Morgan fingerprint density at radius 1 is 0.793 bits per heavy atom. The summed E-state index contributed by atoms with van der Waals surface area (Å²) < 4.78 is 6.26. The molecule has 2 aliphatic rings. The topological polar surface area (TPSA) is 26.3 Å². The van der Waals surface area contributed by atoms with E-state index in [1.165, 1.54) is 0 Å². The summed E-state index contributed by atoms with van der Waals surface area (Å²) in [7, 11) is 0. The zero-order valence-corrected chi connectivity index (χ0v) is 19.3. The average molecular weight is 509 g/mol. The Morgan fingerprint density at radius 2 is 1.34 bits per heavy atom. The molecule has 1 heterocycles. The SMILES string of the molecule is Cc1ccc(C2C(c3ccc(Cl)c(Cl)c3)OC23C(Cl)=C(Cl)C(=O)C(Cl)=C3Cl)cc1. The van der Waals surface area contributed by atoms with Crippen LogP contribution in [0.3, 0.4) is 0 Å². The number of benzene rings is 2. The summed E-state index contributed by atoms with van der Waals surface area (Å²) in [6.45, 7) is 1.99. The average Bonchev–Trinajstić information content (AvgIpc) is 2.68. The molecule has 0 radical (unpaired) electrons. The first-order valence-electron chi connectivity index (χ1n) is 8.54. The summed E-state index contributed by atoms with van der Waals surface area (Å²) in [4.78, 5) is 12.3. The summed E-state index contributed by atoms with van der Waals surface area (Å²) >= 11 is 37.7. The van der Waals surface area contributed by atoms with Crippen molar-refractivity contribution >= 4 is 75.4 Å². The smallest absolute Gasteiger partial charge is 0.218 e. The second-order valence-corrected chi connectivity index (χ2v) is 9.25. The van der Waals surface area contributed by atoms with E-state index >= 15 is 0 Å². The van der Waals surface area contributed by atoms with Crippen LogP contribution in [0.25, 0.3) is 0 Å². The van der Waals surface area contributed by atoms with Crippen LogP contribution in [0.2, 0.25) is 10.0 Å². The van der Waals surface area contributed by atoms with Crippen LogP contribution >= 0.6 is 69.6 Å². The van der Waals surface area contributed by atoms with Gasteiger partial charge in [0.25, 0.3) is 0 Å². The summed E-state index contributed by atoms with van der Waals surface area (Å²) in [5.74, 6) is -1.02. The number of ketones is 1. The van der Waals surface area contributed by atoms with Crippen molar-refractivity contribution in [3.05, 3.63) is 89.3 Å². The number of ether oxygens (including phenoxy) is 1. The van der Waals surface area contributed by atoms with Crippen LogP contribution in [-0.2, 0) is 9.53 Å². The number of hydrogen-bond acceptors (Lipinski definition) is 2. The first-order valence-corrected chi connectivity index (χ1v) is 10.8. The number of rotatable bonds is 2. The lowest BCUT2D eigenvalue weighted by atomic mass is 9.68. The first kappa shape index (κ1) is 21.5. The highest BCUT2D eigenvalue weighted by Crippen LogP contribution is 2.65. The van der Waals surface area contributed by atoms with Crippen LogP contribution < -0.4 is 0 Å². The highest BCUT2D eigenvalue weighted by molar-refractivity contribution is 6.61. The standard InChI is InChI=1S/C21H12Cl6O2/c1-9-2-4-10(5-3-9)14-18(11-6-7-12(22)13(23)8-11)29-21(14)19(26)15(24)17(28)16(25)20(21)27/h2-8,14,18H,1H3. The maximum Gasteiger partial charge on any atom is 0.218 e. The van der Waals surface area contributed by atoms with Gasteiger partial charge < -0.3 is 4.74 Å². The molecule has 0 aromatic heterocycles. The molecule has 0 N–H and O–H groups in total. The first-order chi connectivity index (χ1) is 13.7. The Morgan fingerprint density at radius 3 is 1.90 bits per heavy atom. The Kier molecular flexibility index (Phi) is 5.76. The maximum absolute atomic E-state index is 12.3. The van der Waals surface area contributed by atoms with Crippen LogP contribution in [0.5, 0.6) is 0 Å². The Hall–Kier alpha value is -0.710. The van der Waals surface area contributed by atoms with Crippen molar-refractivity contribution in [2.45, 2.75) is 24.5 Å². The van der Waals surface area contributed by atoms with Crippen molar-refractivity contribution in [2.24, 2.45) is 0 Å². The molecule has 1 fully saturated rings. The normalized spacial score (nSPS) is 23.6. The highest BCUT2D eigenvalue weighted by Gasteiger charge is 2.64. The highest BCUT2D eigenvalue weighted by atomic mass is 35.5. The third-order valence-electron chi connectivity index (χ3n) is 5.20. The van der Waals surface area contributed by atoms with E-state index in [1.807, 2.05) is 37.3 Å². The summed E-state index contributed by atoms with van der Waals surface area (Å²) in [5.41, 5.74) is 1.43. The molecule has 8 heteroatoms. The van der Waals surface area contributed by atoms with Crippen molar-refractivity contribution in [3.63, 3.8) is 0 Å². The largest absolute Gasteiger partial charge is 0.354 e. The van der Waals surface area contributed by atoms with Gasteiger partial charge in [-0.2, -0.15) is 0 Å². The van der Waals surface area contributed by atoms with Gasteiger partial charge in [-0.15, -0.1) is 0 Å². The number of Topliss-reactive ketones (excluding diaryl/α,β-unsaturated/α-hetero) is 1. The maximum atomic E-state index is 12.3. The molecule has 4 rings (SSSR count). The fourth-order valence-corrected chi connectivity index (χ4v) is 5.27. The Labute approximate surface area is 197 Å². The number of hydrogen-bond donors (Lipinski definition) is 0. The second-order valence-electron chi connectivity index (χ2n) is 6.92. The minimum absolute atomic E-state index is 0.0143. The van der Waals surface area contributed by atoms with Gasteiger partial charge in [-0.1, -0.05) is 106 Å². The lowest BCUT2D eigenvalue weighted by Crippen LogP contribution is -2.56. The monoisotopic (exact) mass is 506 g/mol. The number of carbonyl (C=O) groups is 1. The van der Waals surface area contributed by atoms with Gasteiger partial charge in [-0.25, -0.2) is 0 Å². The van der Waals surface area contributed by atoms with Gasteiger partial charge >= 0.3 is 0 Å². The Balaban J connectivity index is 1.90. The number of halogens is 6. The molecule has 0 saturated carbocycles. The van der Waals surface area contributed by atoms with Crippen LogP contribution in [0.4, 0.5) is 0 Å². The summed E-state index contributed by atoms with van der Waals surface area (Å²) in [6.07, 6.45) is -0.461. The fraction of sp³-hybridized carbons (Fsp3) is 0.190. The lowest BCUT2D eigenvalue weighted by molar-refractivity contribution is -0.183. The van der Waals surface area contributed by atoms with Crippen LogP contribution in [0.15, 0.2) is 62.6 Å². The molecule has 1 aliphatic heterocycles. The third-order valence-corrected chi connectivity index (χ3v) is 7.79. The van der Waals surface area contributed by atoms with Crippen molar-refractivity contribution in [3.8, 4) is 0 Å². The zero-order valence-electron chi connectivity index (χ0n) is 14.8. The molecule has 29 heavy (non-hydrogen) atoms. The van der Waals surface area contributed by atoms with E-state index < -0.39 is 23.4 Å². The van der Waals surface area contributed by atoms with Gasteiger partial charge in [-0.3, -0.25) is 4.79 Å². The quantitative estimate of drug-likeness (QED) is 0.412. The second kappa shape index (κ2) is 7.76. The van der Waals surface area contributed by atoms with Crippen molar-refractivity contribution in [2.75, 3.05) is 0 Å². The van der Waals surface area contributed by atoms with Gasteiger partial charge in [0, 0.05) is 0 Å². The fourth-order valence-electron chi connectivity index (χ4n) is 3.71. The molecule has 2 atom stereocenters. The van der Waals surface area contributed by atoms with Crippen LogP contribution in [0.1, 0.15) is 28.7 Å². The minimum atomic E-state index is -1.35. The van der Waals surface area contributed by atoms with E-state index in [9.17, 15) is 4.79 Å². The van der Waals surface area contributed by atoms with E-state index in [1.54, 1.807) is 12.1 Å². The molecule has 2 aromatic carbocycles. The van der Waals surface area contributed by atoms with Crippen LogP contribution in [0, 0.1) is 6.92 Å². The predicted octanol–water partition coefficient (Wildman–Crippen LogP) is 7.86. The van der Waals surface area contributed by atoms with E-state index in [0.29, 0.717) is 10.0 Å². The molecule has 0 amide bonds. The minimum Gasteiger partial charge on any atom is -0.354 e. The molecule has 2 aromatic rings. The molecule has 150 valence electrons. The molecule has 1 spiro atoms. The van der Waals surface area contributed by atoms with Gasteiger partial charge in [0.1, 0.15) is 10.1 Å². The van der Waals surface area contributed by atoms with Crippen molar-refractivity contribution < 1.29 is 9.53 Å². The lowest BCUT2D eigenvalue weighted by Gasteiger charge is -2.56. The van der Waals surface area contributed by atoms with Gasteiger partial charge in [0.15, 0.2) is 5.60 Å². The molecule has 0 bridgehead atoms.